The molecule has 0 fully saturated rings. The summed E-state index contributed by atoms with van der Waals surface area (Å²) in [6.07, 6.45) is 1.62. The molecule has 9 heteroatoms. The smallest absolute Gasteiger partial charge is 0.206 e. The Morgan fingerprint density at radius 3 is 2.78 bits per heavy atom. The number of Topliss-reactive ketones (excluding diaryl/α,β-unsaturated/α-hetero) is 2. The molecule has 0 radical (unpaired) electrons. The minimum absolute atomic E-state index is 0.0444. The Morgan fingerprint density at radius 1 is 1.37 bits per heavy atom. The first-order valence-corrected chi connectivity index (χ1v) is 10.1. The van der Waals surface area contributed by atoms with Crippen LogP contribution < -0.4 is 5.32 Å². The molecule has 0 aliphatic carbocycles. The van der Waals surface area contributed by atoms with Crippen molar-refractivity contribution < 1.29 is 14.0 Å². The van der Waals surface area contributed by atoms with Gasteiger partial charge in [0.25, 0.3) is 0 Å². The molecule has 0 amide bonds. The Labute approximate surface area is 165 Å². The fourth-order valence-electron chi connectivity index (χ4n) is 2.84. The topological polar surface area (TPSA) is 101 Å². The van der Waals surface area contributed by atoms with Gasteiger partial charge in [-0.15, -0.1) is 10.2 Å². The second-order valence-electron chi connectivity index (χ2n) is 6.11. The van der Waals surface area contributed by atoms with Crippen LogP contribution in [0.5, 0.6) is 0 Å². The minimum Gasteiger partial charge on any atom is -0.467 e. The Morgan fingerprint density at radius 2 is 2.15 bits per heavy atom. The van der Waals surface area contributed by atoms with E-state index in [-0.39, 0.29) is 16.8 Å². The molecule has 0 aliphatic heterocycles. The molecule has 7 nitrogen and oxygen atoms in total. The molecule has 142 valence electrons. The molecule has 3 aromatic heterocycles. The minimum atomic E-state index is -0.354. The van der Waals surface area contributed by atoms with Gasteiger partial charge in [0.1, 0.15) is 5.76 Å². The normalized spacial score (nSPS) is 12.1. The van der Waals surface area contributed by atoms with Crippen LogP contribution in [-0.4, -0.2) is 32.0 Å². The van der Waals surface area contributed by atoms with Crippen LogP contribution in [0.25, 0.3) is 0 Å². The molecule has 1 atom stereocenters. The van der Waals surface area contributed by atoms with Gasteiger partial charge in [0.15, 0.2) is 15.9 Å². The first-order chi connectivity index (χ1) is 12.9. The number of furan rings is 1. The Kier molecular flexibility index (Phi) is 5.81. The lowest BCUT2D eigenvalue weighted by Crippen LogP contribution is -2.15. The molecule has 27 heavy (non-hydrogen) atoms. The third-order valence-corrected chi connectivity index (χ3v) is 6.15. The van der Waals surface area contributed by atoms with Gasteiger partial charge in [0.2, 0.25) is 5.13 Å². The number of H-pyrrole nitrogens is 1. The fourth-order valence-corrected chi connectivity index (χ4v) is 4.79. The maximum atomic E-state index is 12.8. The zero-order valence-electron chi connectivity index (χ0n) is 15.5. The van der Waals surface area contributed by atoms with E-state index in [9.17, 15) is 9.59 Å². The van der Waals surface area contributed by atoms with Crippen molar-refractivity contribution in [3.05, 3.63) is 46.7 Å². The molecular formula is C18H20N4O3S2. The van der Waals surface area contributed by atoms with Crippen molar-refractivity contribution in [2.75, 3.05) is 5.32 Å². The van der Waals surface area contributed by atoms with E-state index in [0.717, 1.165) is 11.5 Å². The number of ketones is 2. The lowest BCUT2D eigenvalue weighted by atomic mass is 10.0. The molecule has 2 N–H and O–H groups in total. The number of aryl methyl sites for hydroxylation is 1. The zero-order valence-corrected chi connectivity index (χ0v) is 17.1. The Hall–Kier alpha value is -2.39. The summed E-state index contributed by atoms with van der Waals surface area (Å²) >= 11 is 2.73. The highest BCUT2D eigenvalue weighted by molar-refractivity contribution is 8.02. The summed E-state index contributed by atoms with van der Waals surface area (Å²) in [7, 11) is 0. The average Bonchev–Trinajstić information content (AvgIpc) is 3.33. The molecular weight excluding hydrogens is 384 g/mol. The summed E-state index contributed by atoms with van der Waals surface area (Å²) in [6.45, 7) is 7.46. The summed E-state index contributed by atoms with van der Waals surface area (Å²) in [5, 5.41) is 11.7. The van der Waals surface area contributed by atoms with Crippen molar-refractivity contribution in [3.8, 4) is 0 Å². The van der Waals surface area contributed by atoms with Crippen LogP contribution in [0.2, 0.25) is 0 Å². The SMILES string of the molecule is CC(=O)c1c(C)[nH]c(C(=O)C(C)Sc2nnc(NCc3ccco3)s2)c1C. The lowest BCUT2D eigenvalue weighted by molar-refractivity contribution is 0.0988. The summed E-state index contributed by atoms with van der Waals surface area (Å²) in [4.78, 5) is 27.6. The van der Waals surface area contributed by atoms with Crippen molar-refractivity contribution in [2.45, 2.75) is 43.8 Å². The van der Waals surface area contributed by atoms with Gasteiger partial charge < -0.3 is 14.7 Å². The van der Waals surface area contributed by atoms with Crippen LogP contribution >= 0.6 is 23.1 Å². The first kappa shape index (κ1) is 19.4. The maximum Gasteiger partial charge on any atom is 0.206 e. The van der Waals surface area contributed by atoms with E-state index < -0.39 is 0 Å². The number of aromatic nitrogens is 3. The Bertz CT molecular complexity index is 960. The van der Waals surface area contributed by atoms with E-state index in [4.69, 9.17) is 4.42 Å². The number of hydrogen-bond donors (Lipinski definition) is 2. The van der Waals surface area contributed by atoms with Gasteiger partial charge in [0, 0.05) is 11.3 Å². The molecule has 3 rings (SSSR count). The second-order valence-corrected chi connectivity index (χ2v) is 8.68. The largest absolute Gasteiger partial charge is 0.467 e. The van der Waals surface area contributed by atoms with Crippen LogP contribution in [-0.2, 0) is 6.54 Å². The van der Waals surface area contributed by atoms with Gasteiger partial charge in [0.05, 0.1) is 23.8 Å². The molecule has 3 aromatic rings. The van der Waals surface area contributed by atoms with Gasteiger partial charge >= 0.3 is 0 Å². The average molecular weight is 405 g/mol. The van der Waals surface area contributed by atoms with Crippen LogP contribution in [0.4, 0.5) is 5.13 Å². The van der Waals surface area contributed by atoms with Crippen molar-refractivity contribution in [2.24, 2.45) is 0 Å². The van der Waals surface area contributed by atoms with Gasteiger partial charge in [-0.25, -0.2) is 0 Å². The maximum absolute atomic E-state index is 12.8. The van der Waals surface area contributed by atoms with Crippen molar-refractivity contribution in [1.82, 2.24) is 15.2 Å². The predicted octanol–water partition coefficient (Wildman–Crippen LogP) is 4.25. The highest BCUT2D eigenvalue weighted by atomic mass is 32.2. The standard InChI is InChI=1S/C18H20N4O3S2/c1-9-14(11(3)23)10(2)20-15(9)16(24)12(4)26-18-22-21-17(27-18)19-8-13-6-5-7-25-13/h5-7,12,20H,8H2,1-4H3,(H,19,21). The van der Waals surface area contributed by atoms with Gasteiger partial charge in [-0.1, -0.05) is 23.1 Å². The molecule has 0 saturated carbocycles. The molecule has 0 bridgehead atoms. The third kappa shape index (κ3) is 4.30. The number of nitrogens with one attached hydrogen (secondary N) is 2. The first-order valence-electron chi connectivity index (χ1n) is 8.37. The van der Waals surface area contributed by atoms with Gasteiger partial charge in [-0.3, -0.25) is 9.59 Å². The van der Waals surface area contributed by atoms with E-state index in [2.05, 4.69) is 20.5 Å². The summed E-state index contributed by atoms with van der Waals surface area (Å²) in [6, 6.07) is 3.70. The summed E-state index contributed by atoms with van der Waals surface area (Å²) in [5.41, 5.74) is 2.51. The number of hydrogen-bond acceptors (Lipinski definition) is 8. The van der Waals surface area contributed by atoms with Crippen LogP contribution in [0.1, 0.15) is 51.7 Å². The second kappa shape index (κ2) is 8.10. The summed E-state index contributed by atoms with van der Waals surface area (Å²) in [5.74, 6) is 0.701. The van der Waals surface area contributed by atoms with E-state index >= 15 is 0 Å². The van der Waals surface area contributed by atoms with Crippen LogP contribution in [0, 0.1) is 13.8 Å². The van der Waals surface area contributed by atoms with Crippen LogP contribution in [0.3, 0.4) is 0 Å². The number of anilines is 1. The van der Waals surface area contributed by atoms with Crippen LogP contribution in [0.15, 0.2) is 27.2 Å². The van der Waals surface area contributed by atoms with Crippen molar-refractivity contribution in [1.29, 1.82) is 0 Å². The number of thioether (sulfide) groups is 1. The fraction of sp³-hybridized carbons (Fsp3) is 0.333. The highest BCUT2D eigenvalue weighted by Gasteiger charge is 2.25. The van der Waals surface area contributed by atoms with Gasteiger partial charge in [-0.2, -0.15) is 0 Å². The van der Waals surface area contributed by atoms with E-state index in [1.54, 1.807) is 20.1 Å². The third-order valence-electron chi connectivity index (χ3n) is 4.08. The predicted molar refractivity (Wildman–Crippen MR) is 106 cm³/mol. The highest BCUT2D eigenvalue weighted by Crippen LogP contribution is 2.31. The van der Waals surface area contributed by atoms with Crippen molar-refractivity contribution >= 4 is 39.8 Å². The van der Waals surface area contributed by atoms with Crippen molar-refractivity contribution in [3.63, 3.8) is 0 Å². The van der Waals surface area contributed by atoms with E-state index in [0.29, 0.717) is 32.8 Å². The Balaban J connectivity index is 1.65. The number of carbonyl (C=O) groups excluding carboxylic acids is 2. The molecule has 0 aromatic carbocycles. The summed E-state index contributed by atoms with van der Waals surface area (Å²) < 4.78 is 5.96. The number of carbonyl (C=O) groups is 2. The zero-order chi connectivity index (χ0) is 19.6. The number of aromatic amines is 1. The number of nitrogens with zero attached hydrogens (tertiary/aromatic N) is 2. The number of rotatable bonds is 8. The lowest BCUT2D eigenvalue weighted by Gasteiger charge is -2.07. The van der Waals surface area contributed by atoms with E-state index in [1.165, 1.54) is 30.0 Å². The van der Waals surface area contributed by atoms with E-state index in [1.807, 2.05) is 19.1 Å². The monoisotopic (exact) mass is 404 g/mol. The molecule has 0 spiro atoms. The molecule has 0 aliphatic rings. The quantitative estimate of drug-likeness (QED) is 0.427. The molecule has 1 unspecified atom stereocenters. The molecule has 3 heterocycles. The van der Waals surface area contributed by atoms with Gasteiger partial charge in [-0.05, 0) is 45.4 Å². The molecule has 0 saturated heterocycles.